The molecule has 4 aromatic heterocycles. The minimum Gasteiger partial charge on any atom is -0.311 e. The summed E-state index contributed by atoms with van der Waals surface area (Å²) in [6.07, 6.45) is 1.86. The average Bonchev–Trinajstić information content (AvgIpc) is 3.88. The monoisotopic (exact) mass is 656 g/mol. The van der Waals surface area contributed by atoms with E-state index in [9.17, 15) is 0 Å². The van der Waals surface area contributed by atoms with Crippen LogP contribution in [0, 0.1) is 0 Å². The number of rotatable bonds is 0. The topological polar surface area (TPSA) is 19.7 Å². The Kier molecular flexibility index (Phi) is 6.49. The molecule has 0 radical (unpaired) electrons. The normalized spacial score (nSPS) is 12.4. The molecule has 6 heterocycles. The van der Waals surface area contributed by atoms with Crippen molar-refractivity contribution in [3.8, 4) is 22.7 Å². The molecule has 0 amide bonds. The first kappa shape index (κ1) is 29.4. The highest BCUT2D eigenvalue weighted by molar-refractivity contribution is 5.90. The smallest absolute Gasteiger partial charge is 0.0699 e. The van der Waals surface area contributed by atoms with Crippen LogP contribution >= 0.6 is 0 Å². The molecule has 244 valence electrons. The number of para-hydroxylation sites is 8. The molecule has 0 fully saturated rings. The van der Waals surface area contributed by atoms with E-state index >= 15 is 0 Å². The molecule has 0 unspecified atom stereocenters. The Labute approximate surface area is 296 Å². The Morgan fingerprint density at radius 3 is 0.745 bits per heavy atom. The van der Waals surface area contributed by atoms with Crippen molar-refractivity contribution in [3.05, 3.63) is 193 Å². The molecule has 0 saturated carbocycles. The molecule has 4 heteroatoms. The largest absolute Gasteiger partial charge is 0.311 e. The van der Waals surface area contributed by atoms with Crippen LogP contribution in [0.5, 0.6) is 0 Å². The van der Waals surface area contributed by atoms with E-state index in [4.69, 9.17) is 0 Å². The van der Waals surface area contributed by atoms with E-state index in [0.29, 0.717) is 0 Å². The predicted molar refractivity (Wildman–Crippen MR) is 213 cm³/mol. The second-order valence-corrected chi connectivity index (χ2v) is 13.5. The van der Waals surface area contributed by atoms with E-state index in [2.05, 4.69) is 188 Å². The number of benzene rings is 6. The minimum absolute atomic E-state index is 0. The maximum absolute atomic E-state index is 2.42. The number of hydrogen-bond acceptors (Lipinski definition) is 0. The molecule has 12 rings (SSSR count). The van der Waals surface area contributed by atoms with E-state index in [1.165, 1.54) is 89.1 Å². The van der Waals surface area contributed by atoms with Gasteiger partial charge in [-0.15, -0.1) is 0 Å². The first-order valence-electron chi connectivity index (χ1n) is 17.4. The zero-order valence-corrected chi connectivity index (χ0v) is 27.4. The molecule has 6 aromatic carbocycles. The van der Waals surface area contributed by atoms with Crippen LogP contribution in [-0.2, 0) is 12.8 Å². The molecule has 0 saturated heterocycles. The molecule has 0 bridgehead atoms. The van der Waals surface area contributed by atoms with E-state index in [0.717, 1.165) is 12.8 Å². The highest BCUT2D eigenvalue weighted by Gasteiger charge is 2.24. The molecular formula is C47H36N4. The van der Waals surface area contributed by atoms with Crippen LogP contribution in [0.25, 0.3) is 66.4 Å². The lowest BCUT2D eigenvalue weighted by molar-refractivity contribution is 0.976. The Balaban J connectivity index is 0.000000126. The van der Waals surface area contributed by atoms with Crippen molar-refractivity contribution in [2.24, 2.45) is 0 Å². The second kappa shape index (κ2) is 11.3. The van der Waals surface area contributed by atoms with Gasteiger partial charge in [0.05, 0.1) is 44.8 Å². The van der Waals surface area contributed by atoms with Crippen molar-refractivity contribution in [3.63, 3.8) is 0 Å². The fraction of sp³-hybridized carbons (Fsp3) is 0.0638. The fourth-order valence-electron chi connectivity index (χ4n) is 8.56. The lowest BCUT2D eigenvalue weighted by atomic mass is 10.2. The summed E-state index contributed by atoms with van der Waals surface area (Å²) in [5.74, 6) is 0. The average molecular weight is 657 g/mol. The standard InChI is InChI=1S/2C23H16N2.CH4/c2*1-3-9-20-16(7-1)13-18-15-19-14-17-8-2-4-10-21(17)25(19)23-12-6-5-11-22(23)24(18)20;/h2*1-14H,15H2;1H4. The summed E-state index contributed by atoms with van der Waals surface area (Å²) in [6, 6.07) is 61.4. The molecule has 10 aromatic rings. The second-order valence-electron chi connectivity index (χ2n) is 13.5. The van der Waals surface area contributed by atoms with Crippen LogP contribution in [0.3, 0.4) is 0 Å². The van der Waals surface area contributed by atoms with E-state index < -0.39 is 0 Å². The third-order valence-electron chi connectivity index (χ3n) is 10.6. The molecule has 0 atom stereocenters. The van der Waals surface area contributed by atoms with Crippen LogP contribution in [-0.4, -0.2) is 18.3 Å². The van der Waals surface area contributed by atoms with Crippen LogP contribution < -0.4 is 0 Å². The van der Waals surface area contributed by atoms with Crippen molar-refractivity contribution in [2.45, 2.75) is 20.3 Å². The molecular weight excluding hydrogens is 621 g/mol. The number of aromatic nitrogens is 4. The van der Waals surface area contributed by atoms with Crippen LogP contribution in [0.15, 0.2) is 170 Å². The third kappa shape index (κ3) is 4.33. The van der Waals surface area contributed by atoms with Gasteiger partial charge >= 0.3 is 0 Å². The van der Waals surface area contributed by atoms with Gasteiger partial charge in [-0.1, -0.05) is 104 Å². The summed E-state index contributed by atoms with van der Waals surface area (Å²) in [7, 11) is 0. The maximum Gasteiger partial charge on any atom is 0.0699 e. The lowest BCUT2D eigenvalue weighted by Crippen LogP contribution is -2.01. The summed E-state index contributed by atoms with van der Waals surface area (Å²) in [5.41, 5.74) is 15.5. The fourth-order valence-corrected chi connectivity index (χ4v) is 8.56. The number of hydrogen-bond donors (Lipinski definition) is 0. The quantitative estimate of drug-likeness (QED) is 0.155. The summed E-state index contributed by atoms with van der Waals surface area (Å²) >= 11 is 0. The highest BCUT2D eigenvalue weighted by Crippen LogP contribution is 2.38. The van der Waals surface area contributed by atoms with Gasteiger partial charge in [0.25, 0.3) is 0 Å². The molecule has 0 spiro atoms. The predicted octanol–water partition coefficient (Wildman–Crippen LogP) is 11.6. The molecule has 2 aliphatic heterocycles. The van der Waals surface area contributed by atoms with Gasteiger partial charge in [0.2, 0.25) is 0 Å². The van der Waals surface area contributed by atoms with Gasteiger partial charge in [-0.25, -0.2) is 0 Å². The Morgan fingerprint density at radius 2 is 0.490 bits per heavy atom. The zero-order chi connectivity index (χ0) is 32.8. The minimum atomic E-state index is 0. The first-order chi connectivity index (χ1) is 24.8. The molecule has 0 aliphatic carbocycles. The van der Waals surface area contributed by atoms with Crippen LogP contribution in [0.1, 0.15) is 30.2 Å². The molecule has 51 heavy (non-hydrogen) atoms. The summed E-state index contributed by atoms with van der Waals surface area (Å²) in [4.78, 5) is 0. The van der Waals surface area contributed by atoms with Gasteiger partial charge in [0, 0.05) is 57.2 Å². The Hall–Kier alpha value is -6.52. The molecule has 2 aliphatic rings. The van der Waals surface area contributed by atoms with Gasteiger partial charge in [-0.3, -0.25) is 0 Å². The van der Waals surface area contributed by atoms with Gasteiger partial charge < -0.3 is 18.3 Å². The summed E-state index contributed by atoms with van der Waals surface area (Å²) in [5, 5.41) is 5.21. The van der Waals surface area contributed by atoms with Crippen molar-refractivity contribution < 1.29 is 0 Å². The Morgan fingerprint density at radius 1 is 0.275 bits per heavy atom. The molecule has 0 N–H and O–H groups in total. The maximum atomic E-state index is 2.42. The third-order valence-corrected chi connectivity index (χ3v) is 10.6. The van der Waals surface area contributed by atoms with Gasteiger partial charge in [0.1, 0.15) is 0 Å². The number of nitrogens with zero attached hydrogens (tertiary/aromatic N) is 4. The summed E-state index contributed by atoms with van der Waals surface area (Å²) < 4.78 is 9.69. The van der Waals surface area contributed by atoms with E-state index in [1.54, 1.807) is 0 Å². The van der Waals surface area contributed by atoms with Crippen LogP contribution in [0.2, 0.25) is 0 Å². The highest BCUT2D eigenvalue weighted by atomic mass is 15.1. The first-order valence-corrected chi connectivity index (χ1v) is 17.4. The SMILES string of the molecule is C.c1ccc2c(c1)-n1c(cc3ccccc31)Cc1cc3ccccc3n1-2.c1ccc2c(c1)-n1c(cc3ccccc31)Cc1cc3ccccc3n1-2. The molecule has 4 nitrogen and oxygen atoms in total. The van der Waals surface area contributed by atoms with Gasteiger partial charge in [0.15, 0.2) is 0 Å². The Bertz CT molecular complexity index is 2540. The van der Waals surface area contributed by atoms with Gasteiger partial charge in [-0.2, -0.15) is 0 Å². The van der Waals surface area contributed by atoms with E-state index in [-0.39, 0.29) is 7.43 Å². The lowest BCUT2D eigenvalue weighted by Gasteiger charge is -2.14. The van der Waals surface area contributed by atoms with E-state index in [1.807, 2.05) is 0 Å². The van der Waals surface area contributed by atoms with Gasteiger partial charge in [-0.05, 0) is 72.8 Å². The number of fused-ring (bicyclic) bond motifs is 18. The van der Waals surface area contributed by atoms with Crippen molar-refractivity contribution in [1.82, 2.24) is 18.3 Å². The summed E-state index contributed by atoms with van der Waals surface area (Å²) in [6.45, 7) is 0. The van der Waals surface area contributed by atoms with Crippen molar-refractivity contribution in [1.29, 1.82) is 0 Å². The van der Waals surface area contributed by atoms with Crippen LogP contribution in [0.4, 0.5) is 0 Å². The van der Waals surface area contributed by atoms with Crippen molar-refractivity contribution in [2.75, 3.05) is 0 Å². The zero-order valence-electron chi connectivity index (χ0n) is 27.4. The van der Waals surface area contributed by atoms with Crippen molar-refractivity contribution >= 4 is 43.6 Å².